The largest absolute Gasteiger partial charge is 0.435 e. The summed E-state index contributed by atoms with van der Waals surface area (Å²) in [6.45, 7) is -2.87. The van der Waals surface area contributed by atoms with Crippen molar-refractivity contribution >= 4 is 33.9 Å². The molecule has 0 unspecified atom stereocenters. The Morgan fingerprint density at radius 1 is 1.10 bits per heavy atom. The standard InChI is InChI=1S/C19H16F2N6OS2/c20-17(21)28-15-8-6-12(7-9-15)16-25-26-19(27(16)22)30-11-14-10-29-18(24-14)23-13-4-2-1-3-5-13/h1-10,17H,11,22H2,(H,23,24). The molecule has 0 saturated heterocycles. The molecule has 30 heavy (non-hydrogen) atoms. The first kappa shape index (κ1) is 20.1. The highest BCUT2D eigenvalue weighted by Crippen LogP contribution is 2.28. The van der Waals surface area contributed by atoms with E-state index in [0.29, 0.717) is 22.3 Å². The van der Waals surface area contributed by atoms with Crippen molar-refractivity contribution < 1.29 is 13.5 Å². The molecule has 0 fully saturated rings. The van der Waals surface area contributed by atoms with Gasteiger partial charge >= 0.3 is 6.61 Å². The summed E-state index contributed by atoms with van der Waals surface area (Å²) in [5, 5.41) is 14.8. The van der Waals surface area contributed by atoms with Gasteiger partial charge in [0.15, 0.2) is 11.0 Å². The summed E-state index contributed by atoms with van der Waals surface area (Å²) in [6.07, 6.45) is 0. The van der Waals surface area contributed by atoms with Crippen molar-refractivity contribution in [1.29, 1.82) is 0 Å². The Morgan fingerprint density at radius 2 is 1.87 bits per heavy atom. The van der Waals surface area contributed by atoms with Crippen LogP contribution in [0.15, 0.2) is 65.1 Å². The number of nitrogen functional groups attached to an aromatic ring is 1. The molecular formula is C19H16F2N6OS2. The van der Waals surface area contributed by atoms with Gasteiger partial charge in [0.25, 0.3) is 0 Å². The molecule has 4 rings (SSSR count). The van der Waals surface area contributed by atoms with E-state index in [0.717, 1.165) is 16.5 Å². The summed E-state index contributed by atoms with van der Waals surface area (Å²) in [6, 6.07) is 15.9. The van der Waals surface area contributed by atoms with Crippen molar-refractivity contribution in [2.24, 2.45) is 0 Å². The summed E-state index contributed by atoms with van der Waals surface area (Å²) >= 11 is 2.92. The lowest BCUT2D eigenvalue weighted by molar-refractivity contribution is -0.0498. The average molecular weight is 447 g/mol. The number of rotatable bonds is 8. The molecule has 0 spiro atoms. The molecular weight excluding hydrogens is 430 g/mol. The van der Waals surface area contributed by atoms with E-state index >= 15 is 0 Å². The third kappa shape index (κ3) is 4.86. The highest BCUT2D eigenvalue weighted by atomic mass is 32.2. The van der Waals surface area contributed by atoms with Crippen LogP contribution in [0, 0.1) is 0 Å². The predicted molar refractivity (Wildman–Crippen MR) is 114 cm³/mol. The molecule has 0 aliphatic heterocycles. The lowest BCUT2D eigenvalue weighted by Crippen LogP contribution is -2.11. The van der Waals surface area contributed by atoms with E-state index in [1.165, 1.54) is 39.9 Å². The normalized spacial score (nSPS) is 11.0. The maximum absolute atomic E-state index is 12.3. The van der Waals surface area contributed by atoms with Crippen molar-refractivity contribution in [3.05, 3.63) is 65.7 Å². The van der Waals surface area contributed by atoms with Gasteiger partial charge in [0.1, 0.15) is 5.75 Å². The van der Waals surface area contributed by atoms with Crippen LogP contribution in [0.4, 0.5) is 19.6 Å². The minimum atomic E-state index is -2.87. The first-order valence-electron chi connectivity index (χ1n) is 8.73. The highest BCUT2D eigenvalue weighted by molar-refractivity contribution is 7.98. The van der Waals surface area contributed by atoms with E-state index in [1.54, 1.807) is 12.1 Å². The number of nitrogens with one attached hydrogen (secondary N) is 1. The van der Waals surface area contributed by atoms with Gasteiger partial charge in [0.2, 0.25) is 5.16 Å². The number of benzene rings is 2. The second-order valence-corrected chi connectivity index (χ2v) is 7.80. The molecule has 3 N–H and O–H groups in total. The van der Waals surface area contributed by atoms with Crippen LogP contribution in [0.3, 0.4) is 0 Å². The van der Waals surface area contributed by atoms with Gasteiger partial charge in [-0.1, -0.05) is 30.0 Å². The molecule has 2 heterocycles. The predicted octanol–water partition coefficient (Wildman–Crippen LogP) is 4.75. The van der Waals surface area contributed by atoms with E-state index in [-0.39, 0.29) is 5.75 Å². The third-order valence-electron chi connectivity index (χ3n) is 3.93. The molecule has 0 saturated carbocycles. The summed E-state index contributed by atoms with van der Waals surface area (Å²) in [4.78, 5) is 4.56. The Labute approximate surface area is 178 Å². The van der Waals surface area contributed by atoms with Gasteiger partial charge in [0.05, 0.1) is 5.69 Å². The number of nitrogens with zero attached hydrogens (tertiary/aromatic N) is 4. The van der Waals surface area contributed by atoms with E-state index in [1.807, 2.05) is 35.7 Å². The molecule has 4 aromatic rings. The van der Waals surface area contributed by atoms with Crippen molar-refractivity contribution in [3.63, 3.8) is 0 Å². The fourth-order valence-electron chi connectivity index (χ4n) is 2.57. The average Bonchev–Trinajstić information content (AvgIpc) is 3.34. The van der Waals surface area contributed by atoms with Crippen molar-refractivity contribution in [2.75, 3.05) is 11.2 Å². The van der Waals surface area contributed by atoms with Gasteiger partial charge in [-0.25, -0.2) is 9.66 Å². The summed E-state index contributed by atoms with van der Waals surface area (Å²) in [7, 11) is 0. The fourth-order valence-corrected chi connectivity index (χ4v) is 4.16. The monoisotopic (exact) mass is 446 g/mol. The van der Waals surface area contributed by atoms with Crippen LogP contribution in [0.25, 0.3) is 11.4 Å². The molecule has 0 aliphatic carbocycles. The van der Waals surface area contributed by atoms with Crippen molar-refractivity contribution in [3.8, 4) is 17.1 Å². The number of hydrogen-bond acceptors (Lipinski definition) is 8. The number of hydrogen-bond donors (Lipinski definition) is 2. The lowest BCUT2D eigenvalue weighted by Gasteiger charge is -2.06. The Bertz CT molecular complexity index is 1100. The van der Waals surface area contributed by atoms with Gasteiger partial charge in [-0.3, -0.25) is 0 Å². The molecule has 0 aliphatic rings. The van der Waals surface area contributed by atoms with E-state index in [2.05, 4.69) is 25.2 Å². The fraction of sp³-hybridized carbons (Fsp3) is 0.105. The highest BCUT2D eigenvalue weighted by Gasteiger charge is 2.14. The van der Waals surface area contributed by atoms with Gasteiger partial charge < -0.3 is 15.9 Å². The zero-order valence-electron chi connectivity index (χ0n) is 15.4. The maximum Gasteiger partial charge on any atom is 0.387 e. The van der Waals surface area contributed by atoms with Crippen LogP contribution in [-0.4, -0.2) is 26.5 Å². The van der Waals surface area contributed by atoms with Crippen LogP contribution >= 0.6 is 23.1 Å². The zero-order chi connectivity index (χ0) is 20.9. The van der Waals surface area contributed by atoms with Crippen molar-refractivity contribution in [1.82, 2.24) is 19.9 Å². The molecule has 0 bridgehead atoms. The topological polar surface area (TPSA) is 90.9 Å². The Balaban J connectivity index is 1.39. The smallest absolute Gasteiger partial charge is 0.387 e. The number of nitrogens with two attached hydrogens (primary N) is 1. The third-order valence-corrected chi connectivity index (χ3v) is 5.71. The number of ether oxygens (including phenoxy) is 1. The summed E-state index contributed by atoms with van der Waals surface area (Å²) in [5.74, 6) is 7.17. The second-order valence-electron chi connectivity index (χ2n) is 6.00. The van der Waals surface area contributed by atoms with E-state index in [4.69, 9.17) is 5.84 Å². The number of aromatic nitrogens is 4. The quantitative estimate of drug-likeness (QED) is 0.298. The van der Waals surface area contributed by atoms with Crippen molar-refractivity contribution in [2.45, 2.75) is 17.5 Å². The molecule has 2 aromatic heterocycles. The van der Waals surface area contributed by atoms with Crippen LogP contribution in [0.5, 0.6) is 5.75 Å². The lowest BCUT2D eigenvalue weighted by atomic mass is 10.2. The van der Waals surface area contributed by atoms with Crippen LogP contribution < -0.4 is 15.9 Å². The van der Waals surface area contributed by atoms with Crippen LogP contribution in [-0.2, 0) is 5.75 Å². The van der Waals surface area contributed by atoms with Gasteiger partial charge in [-0.05, 0) is 36.4 Å². The number of para-hydroxylation sites is 1. The molecule has 11 heteroatoms. The molecule has 154 valence electrons. The number of anilines is 2. The first-order chi connectivity index (χ1) is 14.6. The SMILES string of the molecule is Nn1c(SCc2csc(Nc3ccccc3)n2)nnc1-c1ccc(OC(F)F)cc1. The molecule has 0 atom stereocenters. The number of halogens is 2. The first-order valence-corrected chi connectivity index (χ1v) is 10.6. The minimum absolute atomic E-state index is 0.0647. The number of thioether (sulfide) groups is 1. The maximum atomic E-state index is 12.3. The van der Waals surface area contributed by atoms with Gasteiger partial charge in [-0.2, -0.15) is 8.78 Å². The van der Waals surface area contributed by atoms with E-state index in [9.17, 15) is 8.78 Å². The Morgan fingerprint density at radius 3 is 2.60 bits per heavy atom. The molecule has 7 nitrogen and oxygen atoms in total. The van der Waals surface area contributed by atoms with Gasteiger partial charge in [0, 0.05) is 22.4 Å². The minimum Gasteiger partial charge on any atom is -0.435 e. The Kier molecular flexibility index (Phi) is 6.10. The number of thiazole rings is 1. The summed E-state index contributed by atoms with van der Waals surface area (Å²) in [5.41, 5.74) is 2.50. The second kappa shape index (κ2) is 9.09. The van der Waals surface area contributed by atoms with Gasteiger partial charge in [-0.15, -0.1) is 21.5 Å². The van der Waals surface area contributed by atoms with Crippen LogP contribution in [0.2, 0.25) is 0 Å². The Hall–Kier alpha value is -3.18. The summed E-state index contributed by atoms with van der Waals surface area (Å²) < 4.78 is 30.2. The molecule has 0 radical (unpaired) electrons. The molecule has 2 aromatic carbocycles. The van der Waals surface area contributed by atoms with E-state index < -0.39 is 6.61 Å². The number of alkyl halides is 2. The van der Waals surface area contributed by atoms with Crippen LogP contribution in [0.1, 0.15) is 5.69 Å². The zero-order valence-corrected chi connectivity index (χ0v) is 17.0. The molecule has 0 amide bonds.